The minimum atomic E-state index is -0.339. The van der Waals surface area contributed by atoms with E-state index in [1.165, 1.54) is 5.39 Å². The van der Waals surface area contributed by atoms with Gasteiger partial charge in [0.2, 0.25) is 0 Å². The molecule has 2 nitrogen and oxygen atoms in total. The Morgan fingerprint density at radius 2 is 1.88 bits per heavy atom. The summed E-state index contributed by atoms with van der Waals surface area (Å²) in [5.41, 5.74) is 6.83. The molecule has 0 saturated heterocycles. The van der Waals surface area contributed by atoms with Crippen molar-refractivity contribution in [2.45, 2.75) is 25.8 Å². The van der Waals surface area contributed by atoms with Crippen LogP contribution in [0.15, 0.2) is 42.5 Å². The maximum absolute atomic E-state index is 11.9. The molecule has 0 spiro atoms. The molecular formula is C15H17NO. The maximum Gasteiger partial charge on any atom is 0.153 e. The van der Waals surface area contributed by atoms with Crippen LogP contribution in [0, 0.1) is 0 Å². The van der Waals surface area contributed by atoms with Crippen LogP contribution < -0.4 is 5.73 Å². The van der Waals surface area contributed by atoms with Crippen LogP contribution in [-0.2, 0) is 11.2 Å². The molecule has 1 atom stereocenters. The zero-order chi connectivity index (χ0) is 12.3. The molecule has 2 aromatic rings. The highest BCUT2D eigenvalue weighted by atomic mass is 16.1. The summed E-state index contributed by atoms with van der Waals surface area (Å²) in [7, 11) is 0. The molecule has 0 fully saturated rings. The summed E-state index contributed by atoms with van der Waals surface area (Å²) in [6.45, 7) is 1.94. The normalized spacial score (nSPS) is 12.6. The maximum atomic E-state index is 11.9. The van der Waals surface area contributed by atoms with E-state index in [1.54, 1.807) is 0 Å². The Morgan fingerprint density at radius 3 is 2.65 bits per heavy atom. The molecule has 17 heavy (non-hydrogen) atoms. The van der Waals surface area contributed by atoms with Gasteiger partial charge in [-0.1, -0.05) is 49.4 Å². The monoisotopic (exact) mass is 227 g/mol. The highest BCUT2D eigenvalue weighted by Crippen LogP contribution is 2.19. The predicted octanol–water partition coefficient (Wildman–Crippen LogP) is 2.69. The molecule has 0 amide bonds. The van der Waals surface area contributed by atoms with Crippen LogP contribution in [0.25, 0.3) is 10.8 Å². The van der Waals surface area contributed by atoms with Crippen LogP contribution in [0.1, 0.15) is 18.9 Å². The fourth-order valence-corrected chi connectivity index (χ4v) is 1.99. The average Bonchev–Trinajstić information content (AvgIpc) is 2.38. The average molecular weight is 227 g/mol. The molecule has 0 radical (unpaired) electrons. The van der Waals surface area contributed by atoms with Gasteiger partial charge < -0.3 is 5.73 Å². The Hall–Kier alpha value is -1.67. The summed E-state index contributed by atoms with van der Waals surface area (Å²) < 4.78 is 0. The van der Waals surface area contributed by atoms with Gasteiger partial charge in [0.1, 0.15) is 0 Å². The van der Waals surface area contributed by atoms with Crippen molar-refractivity contribution in [2.24, 2.45) is 5.73 Å². The van der Waals surface area contributed by atoms with E-state index in [0.29, 0.717) is 12.8 Å². The number of nitrogens with two attached hydrogens (primary N) is 1. The minimum Gasteiger partial charge on any atom is -0.322 e. The lowest BCUT2D eigenvalue weighted by molar-refractivity contribution is -0.119. The van der Waals surface area contributed by atoms with E-state index in [-0.39, 0.29) is 11.8 Å². The summed E-state index contributed by atoms with van der Waals surface area (Å²) in [6.07, 6.45) is 1.12. The number of carbonyl (C=O) groups is 1. The van der Waals surface area contributed by atoms with Gasteiger partial charge in [-0.15, -0.1) is 0 Å². The quantitative estimate of drug-likeness (QED) is 0.872. The highest BCUT2D eigenvalue weighted by molar-refractivity contribution is 5.92. The molecule has 2 rings (SSSR count). The van der Waals surface area contributed by atoms with E-state index in [2.05, 4.69) is 18.2 Å². The first-order valence-electron chi connectivity index (χ1n) is 5.97. The summed E-state index contributed by atoms with van der Waals surface area (Å²) in [5.74, 6) is 0.115. The van der Waals surface area contributed by atoms with Crippen molar-refractivity contribution in [2.75, 3.05) is 0 Å². The Kier molecular flexibility index (Phi) is 3.55. The third-order valence-electron chi connectivity index (χ3n) is 3.10. The zero-order valence-corrected chi connectivity index (χ0v) is 10.0. The SMILES string of the molecule is CCC(N)C(=O)Cc1cccc2ccccc12. The van der Waals surface area contributed by atoms with Gasteiger partial charge in [-0.05, 0) is 22.8 Å². The number of carbonyl (C=O) groups excluding carboxylic acids is 1. The van der Waals surface area contributed by atoms with E-state index >= 15 is 0 Å². The van der Waals surface area contributed by atoms with Crippen molar-refractivity contribution in [3.8, 4) is 0 Å². The molecule has 0 aromatic heterocycles. The Bertz CT molecular complexity index is 528. The molecule has 0 bridgehead atoms. The van der Waals surface area contributed by atoms with Gasteiger partial charge in [0.25, 0.3) is 0 Å². The topological polar surface area (TPSA) is 43.1 Å². The molecule has 0 aliphatic carbocycles. The van der Waals surface area contributed by atoms with Crippen molar-refractivity contribution in [1.82, 2.24) is 0 Å². The van der Waals surface area contributed by atoms with Crippen LogP contribution in [0.5, 0.6) is 0 Å². The summed E-state index contributed by atoms with van der Waals surface area (Å²) in [4.78, 5) is 11.9. The van der Waals surface area contributed by atoms with Crippen molar-refractivity contribution >= 4 is 16.6 Å². The number of fused-ring (bicyclic) bond motifs is 1. The molecule has 88 valence electrons. The molecule has 2 N–H and O–H groups in total. The molecule has 2 aromatic carbocycles. The third kappa shape index (κ3) is 2.53. The van der Waals surface area contributed by atoms with E-state index < -0.39 is 0 Å². The van der Waals surface area contributed by atoms with Crippen molar-refractivity contribution in [3.63, 3.8) is 0 Å². The van der Waals surface area contributed by atoms with Gasteiger partial charge in [-0.25, -0.2) is 0 Å². The fourth-order valence-electron chi connectivity index (χ4n) is 1.99. The largest absolute Gasteiger partial charge is 0.322 e. The number of ketones is 1. The first-order chi connectivity index (χ1) is 8.22. The van der Waals surface area contributed by atoms with Crippen LogP contribution in [0.3, 0.4) is 0 Å². The fraction of sp³-hybridized carbons (Fsp3) is 0.267. The first-order valence-corrected chi connectivity index (χ1v) is 5.97. The van der Waals surface area contributed by atoms with Gasteiger partial charge in [-0.2, -0.15) is 0 Å². The Labute approximate surface area is 101 Å². The lowest BCUT2D eigenvalue weighted by atomic mass is 9.97. The predicted molar refractivity (Wildman–Crippen MR) is 70.9 cm³/mol. The van der Waals surface area contributed by atoms with Crippen molar-refractivity contribution in [1.29, 1.82) is 0 Å². The van der Waals surface area contributed by atoms with E-state index in [1.807, 2.05) is 31.2 Å². The molecule has 2 heteroatoms. The Morgan fingerprint density at radius 1 is 1.18 bits per heavy atom. The molecule has 0 heterocycles. The van der Waals surface area contributed by atoms with Crippen molar-refractivity contribution in [3.05, 3.63) is 48.0 Å². The molecule has 0 saturated carbocycles. The number of Topliss-reactive ketones (excluding diaryl/α,β-unsaturated/α-hetero) is 1. The first kappa shape index (κ1) is 11.8. The number of benzene rings is 2. The summed E-state index contributed by atoms with van der Waals surface area (Å²) >= 11 is 0. The summed E-state index contributed by atoms with van der Waals surface area (Å²) in [5, 5.41) is 2.31. The smallest absolute Gasteiger partial charge is 0.153 e. The zero-order valence-electron chi connectivity index (χ0n) is 10.0. The van der Waals surface area contributed by atoms with Gasteiger partial charge in [-0.3, -0.25) is 4.79 Å². The van der Waals surface area contributed by atoms with Crippen LogP contribution in [0.2, 0.25) is 0 Å². The number of rotatable bonds is 4. The van der Waals surface area contributed by atoms with Gasteiger partial charge >= 0.3 is 0 Å². The highest BCUT2D eigenvalue weighted by Gasteiger charge is 2.12. The van der Waals surface area contributed by atoms with Gasteiger partial charge in [0, 0.05) is 6.42 Å². The molecule has 0 aliphatic heterocycles. The molecular weight excluding hydrogens is 210 g/mol. The summed E-state index contributed by atoms with van der Waals surface area (Å²) in [6, 6.07) is 13.8. The van der Waals surface area contributed by atoms with E-state index in [0.717, 1.165) is 10.9 Å². The van der Waals surface area contributed by atoms with Gasteiger partial charge in [0.15, 0.2) is 5.78 Å². The molecule has 0 aliphatic rings. The lowest BCUT2D eigenvalue weighted by Crippen LogP contribution is -2.30. The second-order valence-corrected chi connectivity index (χ2v) is 4.30. The lowest BCUT2D eigenvalue weighted by Gasteiger charge is -2.09. The molecule has 1 unspecified atom stereocenters. The second-order valence-electron chi connectivity index (χ2n) is 4.30. The van der Waals surface area contributed by atoms with Gasteiger partial charge in [0.05, 0.1) is 6.04 Å². The van der Waals surface area contributed by atoms with Crippen LogP contribution in [0.4, 0.5) is 0 Å². The second kappa shape index (κ2) is 5.11. The number of hydrogen-bond donors (Lipinski definition) is 1. The minimum absolute atomic E-state index is 0.115. The van der Waals surface area contributed by atoms with Crippen LogP contribution in [-0.4, -0.2) is 11.8 Å². The standard InChI is InChI=1S/C15H17NO/c1-2-14(16)15(17)10-12-8-5-7-11-6-3-4-9-13(11)12/h3-9,14H,2,10,16H2,1H3. The van der Waals surface area contributed by atoms with E-state index in [4.69, 9.17) is 5.73 Å². The Balaban J connectivity index is 2.33. The third-order valence-corrected chi connectivity index (χ3v) is 3.10. The van der Waals surface area contributed by atoms with Crippen molar-refractivity contribution < 1.29 is 4.79 Å². The van der Waals surface area contributed by atoms with E-state index in [9.17, 15) is 4.79 Å². The number of hydrogen-bond acceptors (Lipinski definition) is 2. The van der Waals surface area contributed by atoms with Crippen LogP contribution >= 0.6 is 0 Å².